The topological polar surface area (TPSA) is 62.4 Å². The maximum absolute atomic E-state index is 13.4. The van der Waals surface area contributed by atoms with Gasteiger partial charge in [-0.25, -0.2) is 9.18 Å². The van der Waals surface area contributed by atoms with Gasteiger partial charge < -0.3 is 14.6 Å². The summed E-state index contributed by atoms with van der Waals surface area (Å²) in [6.45, 7) is 6.25. The Hall–Kier alpha value is -3.67. The van der Waals surface area contributed by atoms with E-state index in [0.29, 0.717) is 24.9 Å². The van der Waals surface area contributed by atoms with Crippen molar-refractivity contribution in [2.45, 2.75) is 31.4 Å². The Kier molecular flexibility index (Phi) is 5.95. The number of cyclic esters (lactones) is 1. The fourth-order valence-electron chi connectivity index (χ4n) is 4.24. The molecule has 3 aromatic rings. The fraction of sp³-hybridized carbons (Fsp3) is 0.231. The normalized spacial score (nSPS) is 19.3. The number of nitrogens with zero attached hydrogens (tertiary/aromatic N) is 1. The van der Waals surface area contributed by atoms with Crippen LogP contribution in [0, 0.1) is 5.82 Å². The first kappa shape index (κ1) is 21.6. The summed E-state index contributed by atoms with van der Waals surface area (Å²) in [6.07, 6.45) is 3.92. The van der Waals surface area contributed by atoms with Crippen LogP contribution in [0.5, 0.6) is 0 Å². The highest BCUT2D eigenvalue weighted by atomic mass is 19.1. The van der Waals surface area contributed by atoms with Crippen LogP contribution in [-0.4, -0.2) is 22.5 Å². The lowest BCUT2D eigenvalue weighted by molar-refractivity contribution is -0.0588. The van der Waals surface area contributed by atoms with Crippen LogP contribution in [0.25, 0.3) is 11.1 Å². The smallest absolute Gasteiger partial charge is 0.411 e. The molecular weight excluding hydrogens is 407 g/mol. The minimum atomic E-state index is -0.846. The van der Waals surface area contributed by atoms with Crippen LogP contribution in [0.15, 0.2) is 84.3 Å². The molecular formula is C26H25FN2O3. The summed E-state index contributed by atoms with van der Waals surface area (Å²) < 4.78 is 19.4. The van der Waals surface area contributed by atoms with Crippen molar-refractivity contribution < 1.29 is 13.9 Å². The Balaban J connectivity index is 1.53. The molecule has 1 aliphatic heterocycles. The number of aromatic nitrogens is 1. The standard InChI is InChI=1S/C26H25FN2O3/c1-3-14-26(21-10-12-22(27)13-11-21)15-17-29(25(31)32-26)18(2)19-6-8-20(9-7-19)23-5-4-16-28-24(23)30/h3-13,16,18H,1,14-15,17H2,2H3,(H,28,30)/t18-,26?/m0/s1. The van der Waals surface area contributed by atoms with E-state index in [1.54, 1.807) is 41.4 Å². The summed E-state index contributed by atoms with van der Waals surface area (Å²) in [5, 5.41) is 0. The monoisotopic (exact) mass is 432 g/mol. The Labute approximate surface area is 186 Å². The van der Waals surface area contributed by atoms with E-state index < -0.39 is 11.7 Å². The predicted octanol–water partition coefficient (Wildman–Crippen LogP) is 5.56. The third kappa shape index (κ3) is 4.08. The maximum Gasteiger partial charge on any atom is 0.411 e. The average Bonchev–Trinajstić information content (AvgIpc) is 2.80. The molecule has 0 radical (unpaired) electrons. The van der Waals surface area contributed by atoms with E-state index in [4.69, 9.17) is 4.74 Å². The zero-order chi connectivity index (χ0) is 22.7. The fourth-order valence-corrected chi connectivity index (χ4v) is 4.24. The lowest BCUT2D eigenvalue weighted by atomic mass is 9.85. The van der Waals surface area contributed by atoms with Crippen molar-refractivity contribution in [2.24, 2.45) is 0 Å². The molecule has 6 heteroatoms. The van der Waals surface area contributed by atoms with E-state index in [-0.39, 0.29) is 17.4 Å². The minimum absolute atomic E-state index is 0.146. The van der Waals surface area contributed by atoms with Crippen molar-refractivity contribution in [3.05, 3.63) is 107 Å². The van der Waals surface area contributed by atoms with Crippen molar-refractivity contribution in [1.29, 1.82) is 0 Å². The highest BCUT2D eigenvalue weighted by Crippen LogP contribution is 2.40. The van der Waals surface area contributed by atoms with Crippen LogP contribution in [0.4, 0.5) is 9.18 Å². The van der Waals surface area contributed by atoms with E-state index in [0.717, 1.165) is 16.7 Å². The van der Waals surface area contributed by atoms with Gasteiger partial charge in [-0.05, 0) is 47.9 Å². The number of benzene rings is 2. The summed E-state index contributed by atoms with van der Waals surface area (Å²) in [5.41, 5.74) is 2.11. The van der Waals surface area contributed by atoms with Crippen molar-refractivity contribution >= 4 is 6.09 Å². The number of pyridine rings is 1. The molecule has 4 rings (SSSR count). The van der Waals surface area contributed by atoms with Crippen molar-refractivity contribution in [3.8, 4) is 11.1 Å². The number of aromatic amines is 1. The van der Waals surface area contributed by atoms with Gasteiger partial charge in [-0.15, -0.1) is 6.58 Å². The Morgan fingerprint density at radius 2 is 1.88 bits per heavy atom. The van der Waals surface area contributed by atoms with Crippen LogP contribution in [-0.2, 0) is 10.3 Å². The van der Waals surface area contributed by atoms with Crippen LogP contribution in [0.2, 0.25) is 0 Å². The summed E-state index contributed by atoms with van der Waals surface area (Å²) in [7, 11) is 0. The molecule has 164 valence electrons. The van der Waals surface area contributed by atoms with Gasteiger partial charge in [0.25, 0.3) is 5.56 Å². The van der Waals surface area contributed by atoms with Crippen molar-refractivity contribution in [1.82, 2.24) is 9.88 Å². The Morgan fingerprint density at radius 1 is 1.16 bits per heavy atom. The van der Waals surface area contributed by atoms with Crippen LogP contribution in [0.1, 0.15) is 36.9 Å². The zero-order valence-corrected chi connectivity index (χ0v) is 17.9. The maximum atomic E-state index is 13.4. The number of halogens is 1. The van der Waals surface area contributed by atoms with Gasteiger partial charge in [0.1, 0.15) is 11.4 Å². The van der Waals surface area contributed by atoms with E-state index in [1.807, 2.05) is 31.2 Å². The molecule has 32 heavy (non-hydrogen) atoms. The molecule has 1 unspecified atom stereocenters. The Bertz CT molecular complexity index is 1170. The lowest BCUT2D eigenvalue weighted by Gasteiger charge is -2.43. The van der Waals surface area contributed by atoms with E-state index in [2.05, 4.69) is 11.6 Å². The molecule has 2 aromatic carbocycles. The SMILES string of the molecule is C=CCC1(c2ccc(F)cc2)CCN([C@@H](C)c2ccc(-c3ccc[nH]c3=O)cc2)C(=O)O1. The van der Waals surface area contributed by atoms with Crippen LogP contribution < -0.4 is 5.56 Å². The molecule has 1 N–H and O–H groups in total. The number of H-pyrrole nitrogens is 1. The number of hydrogen-bond acceptors (Lipinski definition) is 3. The molecule has 2 atom stereocenters. The second-order valence-electron chi connectivity index (χ2n) is 8.02. The molecule has 1 fully saturated rings. The molecule has 0 saturated carbocycles. The largest absolute Gasteiger partial charge is 0.437 e. The number of carbonyl (C=O) groups excluding carboxylic acids is 1. The van der Waals surface area contributed by atoms with Gasteiger partial charge in [0.15, 0.2) is 0 Å². The minimum Gasteiger partial charge on any atom is -0.437 e. The first-order valence-electron chi connectivity index (χ1n) is 10.6. The zero-order valence-electron chi connectivity index (χ0n) is 17.9. The number of carbonyl (C=O) groups is 1. The Morgan fingerprint density at radius 3 is 2.50 bits per heavy atom. The molecule has 0 bridgehead atoms. The van der Waals surface area contributed by atoms with Gasteiger partial charge in [-0.1, -0.05) is 42.5 Å². The van der Waals surface area contributed by atoms with E-state index in [1.165, 1.54) is 12.1 Å². The molecule has 1 saturated heterocycles. The van der Waals surface area contributed by atoms with Gasteiger partial charge in [-0.2, -0.15) is 0 Å². The van der Waals surface area contributed by atoms with Crippen molar-refractivity contribution in [2.75, 3.05) is 6.54 Å². The predicted molar refractivity (Wildman–Crippen MR) is 122 cm³/mol. The number of rotatable bonds is 6. The third-order valence-electron chi connectivity index (χ3n) is 6.11. The first-order chi connectivity index (χ1) is 15.4. The van der Waals surface area contributed by atoms with Gasteiger partial charge in [-0.3, -0.25) is 4.79 Å². The van der Waals surface area contributed by atoms with Gasteiger partial charge in [0, 0.05) is 31.1 Å². The molecule has 0 spiro atoms. The van der Waals surface area contributed by atoms with Gasteiger partial charge in [0.05, 0.1) is 6.04 Å². The summed E-state index contributed by atoms with van der Waals surface area (Å²) >= 11 is 0. The highest BCUT2D eigenvalue weighted by molar-refractivity contribution is 5.70. The van der Waals surface area contributed by atoms with Crippen LogP contribution >= 0.6 is 0 Å². The molecule has 1 aliphatic rings. The number of amides is 1. The van der Waals surface area contributed by atoms with Gasteiger partial charge >= 0.3 is 6.09 Å². The highest BCUT2D eigenvalue weighted by Gasteiger charge is 2.42. The lowest BCUT2D eigenvalue weighted by Crippen LogP contribution is -2.48. The molecule has 5 nitrogen and oxygen atoms in total. The summed E-state index contributed by atoms with van der Waals surface area (Å²) in [4.78, 5) is 29.4. The number of nitrogens with one attached hydrogen (secondary N) is 1. The summed E-state index contributed by atoms with van der Waals surface area (Å²) in [5.74, 6) is -0.333. The van der Waals surface area contributed by atoms with Crippen LogP contribution in [0.3, 0.4) is 0 Å². The van der Waals surface area contributed by atoms with Crippen molar-refractivity contribution in [3.63, 3.8) is 0 Å². The molecule has 1 aromatic heterocycles. The van der Waals surface area contributed by atoms with Gasteiger partial charge in [0.2, 0.25) is 0 Å². The summed E-state index contributed by atoms with van der Waals surface area (Å²) in [6, 6.07) is 17.0. The third-order valence-corrected chi connectivity index (χ3v) is 6.11. The van der Waals surface area contributed by atoms with E-state index in [9.17, 15) is 14.0 Å². The first-order valence-corrected chi connectivity index (χ1v) is 10.6. The molecule has 2 heterocycles. The second-order valence-corrected chi connectivity index (χ2v) is 8.02. The number of ether oxygens (including phenoxy) is 1. The average molecular weight is 432 g/mol. The van der Waals surface area contributed by atoms with E-state index >= 15 is 0 Å². The molecule has 1 amide bonds. The molecule has 0 aliphatic carbocycles. The second kappa shape index (κ2) is 8.83. The quantitative estimate of drug-likeness (QED) is 0.519. The number of hydrogen-bond donors (Lipinski definition) is 1.